The number of aryl methyl sites for hydroxylation is 2. The molecule has 0 N–H and O–H groups in total. The van der Waals surface area contributed by atoms with Crippen LogP contribution in [0.25, 0.3) is 61.4 Å². The number of nitrogens with zero attached hydrogens (tertiary/aromatic N) is 5. The Kier molecular flexibility index (Phi) is 4.32. The lowest BCUT2D eigenvalue weighted by Crippen LogP contribution is -2.79. The summed E-state index contributed by atoms with van der Waals surface area (Å²) in [5, 5.41) is 8.00. The zero-order valence-corrected chi connectivity index (χ0v) is 25.3. The van der Waals surface area contributed by atoms with Gasteiger partial charge in [0, 0.05) is 28.5 Å². The smallest absolute Gasteiger partial charge is 0.404 e. The van der Waals surface area contributed by atoms with E-state index in [0.29, 0.717) is 0 Å². The van der Waals surface area contributed by atoms with Crippen LogP contribution in [0.1, 0.15) is 16.7 Å². The van der Waals surface area contributed by atoms with Gasteiger partial charge in [-0.2, -0.15) is 9.67 Å². The summed E-state index contributed by atoms with van der Waals surface area (Å²) in [6.07, 6.45) is 2.19. The second kappa shape index (κ2) is 8.17. The first-order chi connectivity index (χ1) is 22.6. The Hall–Kier alpha value is -6.01. The van der Waals surface area contributed by atoms with Crippen LogP contribution in [-0.2, 0) is 5.79 Å². The van der Waals surface area contributed by atoms with Crippen LogP contribution >= 0.6 is 0 Å². The quantitative estimate of drug-likeness (QED) is 0.193. The molecule has 4 aromatic carbocycles. The third kappa shape index (κ3) is 2.69. The third-order valence-corrected chi connectivity index (χ3v) is 10.2. The number of ether oxygens (including phenoxy) is 1. The van der Waals surface area contributed by atoms with Gasteiger partial charge in [-0.3, -0.25) is 0 Å². The first-order valence-corrected chi connectivity index (χ1v) is 15.7. The molecule has 6 nitrogen and oxygen atoms in total. The highest BCUT2D eigenvalue weighted by Gasteiger charge is 2.69. The predicted octanol–water partition coefficient (Wildman–Crippen LogP) is 7.66. The van der Waals surface area contributed by atoms with Gasteiger partial charge in [-0.25, -0.2) is 0 Å². The van der Waals surface area contributed by atoms with E-state index in [-0.39, 0.29) is 0 Å². The molecule has 3 aliphatic rings. The minimum absolute atomic E-state index is 0.794. The summed E-state index contributed by atoms with van der Waals surface area (Å²) in [6.45, 7) is 4.41. The van der Waals surface area contributed by atoms with Crippen molar-refractivity contribution in [3.63, 3.8) is 0 Å². The predicted molar refractivity (Wildman–Crippen MR) is 177 cm³/mol. The van der Waals surface area contributed by atoms with Gasteiger partial charge in [0.25, 0.3) is 5.82 Å². The highest BCUT2D eigenvalue weighted by atomic mass is 16.5. The van der Waals surface area contributed by atoms with E-state index in [1.165, 1.54) is 44.1 Å². The molecule has 0 aliphatic carbocycles. The Morgan fingerprint density at radius 3 is 2.39 bits per heavy atom. The van der Waals surface area contributed by atoms with Gasteiger partial charge < -0.3 is 4.74 Å². The van der Waals surface area contributed by atoms with Crippen LogP contribution in [0.5, 0.6) is 11.6 Å². The maximum Gasteiger partial charge on any atom is 0.452 e. The van der Waals surface area contributed by atoms with E-state index in [4.69, 9.17) is 9.84 Å². The fourth-order valence-corrected chi connectivity index (χ4v) is 8.50. The van der Waals surface area contributed by atoms with Gasteiger partial charge >= 0.3 is 11.7 Å². The average Bonchev–Trinajstić information content (AvgIpc) is 3.75. The molecule has 8 aromatic rings. The fraction of sp³-hybridized carbons (Fsp3) is 0.0750. The standard InChI is InChI=1S/C40H27N5O/c1-24-21-27(26-11-4-3-5-12-26)22-25(2)37(24)30-23-33-32-15-10-17-36-44(32)40(45(33)41-30)38-34(46-36)19-18-29-28-13-6-7-14-31(28)43(39(29)38)35-16-8-9-20-42(35)40/h3-23H,1-2H3/q+2. The lowest BCUT2D eigenvalue weighted by atomic mass is 9.94. The average molecular weight is 594 g/mol. The monoisotopic (exact) mass is 593 g/mol. The molecule has 0 fully saturated rings. The Balaban J connectivity index is 1.26. The van der Waals surface area contributed by atoms with Crippen molar-refractivity contribution in [1.29, 1.82) is 0 Å². The van der Waals surface area contributed by atoms with Crippen LogP contribution in [0, 0.1) is 13.8 Å². The maximum atomic E-state index is 6.75. The molecule has 7 heterocycles. The molecular weight excluding hydrogens is 566 g/mol. The van der Waals surface area contributed by atoms with Crippen molar-refractivity contribution in [2.24, 2.45) is 0 Å². The second-order valence-electron chi connectivity index (χ2n) is 12.6. The molecule has 11 rings (SSSR count). The van der Waals surface area contributed by atoms with Crippen LogP contribution in [0.15, 0.2) is 128 Å². The molecule has 0 saturated carbocycles. The van der Waals surface area contributed by atoms with Gasteiger partial charge in [-0.05, 0) is 78.6 Å². The largest absolute Gasteiger partial charge is 0.452 e. The highest BCUT2D eigenvalue weighted by Crippen LogP contribution is 2.51. The summed E-state index contributed by atoms with van der Waals surface area (Å²) >= 11 is 0. The molecule has 216 valence electrons. The lowest BCUT2D eigenvalue weighted by molar-refractivity contribution is -0.981. The second-order valence-corrected chi connectivity index (χ2v) is 12.6. The van der Waals surface area contributed by atoms with E-state index in [0.717, 1.165) is 45.6 Å². The molecule has 46 heavy (non-hydrogen) atoms. The topological polar surface area (TPSA) is 39.7 Å². The van der Waals surface area contributed by atoms with E-state index in [1.807, 2.05) is 0 Å². The van der Waals surface area contributed by atoms with Crippen LogP contribution in [0.2, 0.25) is 0 Å². The van der Waals surface area contributed by atoms with Gasteiger partial charge in [-0.1, -0.05) is 65.2 Å². The Bertz CT molecular complexity index is 2620. The summed E-state index contributed by atoms with van der Waals surface area (Å²) in [6, 6.07) is 43.3. The summed E-state index contributed by atoms with van der Waals surface area (Å²) in [4.78, 5) is 0. The van der Waals surface area contributed by atoms with Crippen LogP contribution in [0.4, 0.5) is 0 Å². The highest BCUT2D eigenvalue weighted by molar-refractivity contribution is 6.11. The van der Waals surface area contributed by atoms with Gasteiger partial charge in [0.2, 0.25) is 5.69 Å². The van der Waals surface area contributed by atoms with E-state index in [2.05, 4.69) is 160 Å². The van der Waals surface area contributed by atoms with Crippen molar-refractivity contribution >= 4 is 21.8 Å². The van der Waals surface area contributed by atoms with Crippen molar-refractivity contribution in [1.82, 2.24) is 14.3 Å². The SMILES string of the molecule is Cc1cc(-c2ccccc2)cc(C)c1-c1cc2n(n1)C13c4c(ccc5c6ccccc6n(c45)-c4cccc[n+]41)Oc1cccc-2[n+]13. The number of para-hydroxylation sites is 1. The number of hydrogen-bond donors (Lipinski definition) is 0. The molecule has 6 heteroatoms. The van der Waals surface area contributed by atoms with E-state index >= 15 is 0 Å². The summed E-state index contributed by atoms with van der Waals surface area (Å²) in [5.41, 5.74) is 12.6. The van der Waals surface area contributed by atoms with Gasteiger partial charge in [0.05, 0.1) is 11.8 Å². The number of benzene rings is 4. The zero-order valence-electron chi connectivity index (χ0n) is 25.3. The summed E-state index contributed by atoms with van der Waals surface area (Å²) in [5.74, 6) is 1.89. The Labute approximate surface area is 264 Å². The summed E-state index contributed by atoms with van der Waals surface area (Å²) < 4.78 is 16.1. The number of fused-ring (bicyclic) bond motifs is 7. The zero-order chi connectivity index (χ0) is 30.3. The van der Waals surface area contributed by atoms with Gasteiger partial charge in [-0.15, -0.1) is 9.25 Å². The van der Waals surface area contributed by atoms with Crippen molar-refractivity contribution < 1.29 is 13.9 Å². The van der Waals surface area contributed by atoms with E-state index in [9.17, 15) is 0 Å². The lowest BCUT2D eigenvalue weighted by Gasteiger charge is -2.32. The van der Waals surface area contributed by atoms with E-state index in [1.54, 1.807) is 0 Å². The first kappa shape index (κ1) is 24.3. The fourth-order valence-electron chi connectivity index (χ4n) is 8.50. The molecule has 0 bridgehead atoms. The molecule has 0 amide bonds. The number of hydrogen-bond acceptors (Lipinski definition) is 2. The number of pyridine rings is 2. The number of aromatic nitrogens is 5. The Morgan fingerprint density at radius 2 is 1.52 bits per heavy atom. The van der Waals surface area contributed by atoms with Crippen molar-refractivity contribution in [3.05, 3.63) is 144 Å². The molecular formula is C40H27N5O+2. The summed E-state index contributed by atoms with van der Waals surface area (Å²) in [7, 11) is 0. The molecule has 1 atom stereocenters. The van der Waals surface area contributed by atoms with Crippen LogP contribution < -0.4 is 13.9 Å². The molecule has 4 aromatic heterocycles. The third-order valence-electron chi connectivity index (χ3n) is 10.2. The Morgan fingerprint density at radius 1 is 0.717 bits per heavy atom. The van der Waals surface area contributed by atoms with Crippen molar-refractivity contribution in [3.8, 4) is 51.2 Å². The normalized spacial score (nSPS) is 16.3. The minimum atomic E-state index is -0.834. The molecule has 1 unspecified atom stereocenters. The van der Waals surface area contributed by atoms with Crippen molar-refractivity contribution in [2.45, 2.75) is 19.6 Å². The van der Waals surface area contributed by atoms with Crippen LogP contribution in [0.3, 0.4) is 0 Å². The van der Waals surface area contributed by atoms with Gasteiger partial charge in [0.1, 0.15) is 17.4 Å². The molecule has 3 aliphatic heterocycles. The minimum Gasteiger partial charge on any atom is -0.404 e. The molecule has 0 saturated heterocycles. The first-order valence-electron chi connectivity index (χ1n) is 15.7. The van der Waals surface area contributed by atoms with Crippen molar-refractivity contribution in [2.75, 3.05) is 0 Å². The molecule has 0 radical (unpaired) electrons. The number of rotatable bonds is 2. The van der Waals surface area contributed by atoms with Gasteiger partial charge in [0.15, 0.2) is 16.8 Å². The van der Waals surface area contributed by atoms with Crippen LogP contribution in [-0.4, -0.2) is 14.3 Å². The maximum absolute atomic E-state index is 6.75. The van der Waals surface area contributed by atoms with E-state index < -0.39 is 5.79 Å². The molecule has 1 spiro atoms.